The molecule has 2 aromatic carbocycles. The fraction of sp³-hybridized carbons (Fsp3) is 0.364. The lowest BCUT2D eigenvalue weighted by Gasteiger charge is -2.41. The van der Waals surface area contributed by atoms with E-state index in [-0.39, 0.29) is 16.9 Å². The molecule has 136 valence electrons. The Kier molecular flexibility index (Phi) is 5.40. The normalized spacial score (nSPS) is 20.0. The van der Waals surface area contributed by atoms with Gasteiger partial charge in [-0.1, -0.05) is 49.4 Å². The fourth-order valence-corrected chi connectivity index (χ4v) is 3.75. The largest absolute Gasteiger partial charge is 0.478 e. The van der Waals surface area contributed by atoms with Crippen molar-refractivity contribution in [1.29, 1.82) is 0 Å². The average Bonchev–Trinajstić information content (AvgIpc) is 2.67. The van der Waals surface area contributed by atoms with E-state index < -0.39 is 5.97 Å². The van der Waals surface area contributed by atoms with Gasteiger partial charge >= 0.3 is 5.97 Å². The Morgan fingerprint density at radius 2 is 1.77 bits per heavy atom. The van der Waals surface area contributed by atoms with Gasteiger partial charge in [0.05, 0.1) is 5.56 Å². The standard InChI is InChI=1S/C22H25NO3/c1-22(19-6-3-2-4-7-19)14-5-15-23(16-22)20(24)13-10-17-8-11-18(12-9-17)21(25)26/h2-4,6-9,11-12H,5,10,13-16H2,1H3,(H,25,26). The monoisotopic (exact) mass is 351 g/mol. The predicted octanol–water partition coefficient (Wildman–Crippen LogP) is 3.90. The third-order valence-corrected chi connectivity index (χ3v) is 5.35. The van der Waals surface area contributed by atoms with E-state index in [0.717, 1.165) is 31.5 Å². The summed E-state index contributed by atoms with van der Waals surface area (Å²) in [6.07, 6.45) is 3.20. The van der Waals surface area contributed by atoms with E-state index in [1.54, 1.807) is 24.3 Å². The highest BCUT2D eigenvalue weighted by molar-refractivity contribution is 5.87. The smallest absolute Gasteiger partial charge is 0.335 e. The molecule has 2 aromatic rings. The van der Waals surface area contributed by atoms with Crippen LogP contribution in [0.1, 0.15) is 47.7 Å². The first-order valence-corrected chi connectivity index (χ1v) is 9.13. The minimum absolute atomic E-state index is 0.0122. The summed E-state index contributed by atoms with van der Waals surface area (Å²) < 4.78 is 0. The summed E-state index contributed by atoms with van der Waals surface area (Å²) in [4.78, 5) is 25.6. The number of carboxylic acid groups (broad SMARTS) is 1. The summed E-state index contributed by atoms with van der Waals surface area (Å²) in [5, 5.41) is 8.95. The maximum absolute atomic E-state index is 12.7. The molecule has 0 spiro atoms. The van der Waals surface area contributed by atoms with Crippen LogP contribution in [0.5, 0.6) is 0 Å². The van der Waals surface area contributed by atoms with E-state index in [0.29, 0.717) is 12.8 Å². The Morgan fingerprint density at radius 1 is 1.08 bits per heavy atom. The predicted molar refractivity (Wildman–Crippen MR) is 101 cm³/mol. The number of carboxylic acids is 1. The van der Waals surface area contributed by atoms with Crippen LogP contribution in [0, 0.1) is 0 Å². The first kappa shape index (κ1) is 18.2. The van der Waals surface area contributed by atoms with Crippen molar-refractivity contribution in [2.24, 2.45) is 0 Å². The second-order valence-electron chi connectivity index (χ2n) is 7.35. The number of aryl methyl sites for hydroxylation is 1. The van der Waals surface area contributed by atoms with Crippen LogP contribution in [0.2, 0.25) is 0 Å². The van der Waals surface area contributed by atoms with E-state index in [4.69, 9.17) is 5.11 Å². The number of hydrogen-bond acceptors (Lipinski definition) is 2. The molecule has 1 saturated heterocycles. The Hall–Kier alpha value is -2.62. The highest BCUT2D eigenvalue weighted by Crippen LogP contribution is 2.33. The molecular formula is C22H25NO3. The van der Waals surface area contributed by atoms with E-state index in [2.05, 4.69) is 31.2 Å². The Bertz CT molecular complexity index is 770. The number of rotatable bonds is 5. The van der Waals surface area contributed by atoms with Crippen LogP contribution in [-0.4, -0.2) is 35.0 Å². The van der Waals surface area contributed by atoms with E-state index in [1.807, 2.05) is 11.0 Å². The molecule has 4 nitrogen and oxygen atoms in total. The van der Waals surface area contributed by atoms with Crippen LogP contribution in [0.4, 0.5) is 0 Å². The Morgan fingerprint density at radius 3 is 2.42 bits per heavy atom. The summed E-state index contributed by atoms with van der Waals surface area (Å²) in [5.74, 6) is -0.754. The van der Waals surface area contributed by atoms with E-state index >= 15 is 0 Å². The molecule has 1 N–H and O–H groups in total. The van der Waals surface area contributed by atoms with Crippen LogP contribution >= 0.6 is 0 Å². The van der Waals surface area contributed by atoms with Gasteiger partial charge in [0, 0.05) is 24.9 Å². The lowest BCUT2D eigenvalue weighted by molar-refractivity contribution is -0.133. The Balaban J connectivity index is 1.60. The van der Waals surface area contributed by atoms with Crippen LogP contribution in [0.25, 0.3) is 0 Å². The van der Waals surface area contributed by atoms with Crippen molar-refractivity contribution >= 4 is 11.9 Å². The van der Waals surface area contributed by atoms with Gasteiger partial charge < -0.3 is 10.0 Å². The van der Waals surface area contributed by atoms with Gasteiger partial charge in [-0.2, -0.15) is 0 Å². The van der Waals surface area contributed by atoms with Crippen molar-refractivity contribution in [3.8, 4) is 0 Å². The van der Waals surface area contributed by atoms with Crippen molar-refractivity contribution in [2.45, 2.75) is 38.0 Å². The molecule has 0 aromatic heterocycles. The molecule has 0 saturated carbocycles. The van der Waals surface area contributed by atoms with Crippen molar-refractivity contribution in [1.82, 2.24) is 4.90 Å². The maximum atomic E-state index is 12.7. The maximum Gasteiger partial charge on any atom is 0.335 e. The SMILES string of the molecule is CC1(c2ccccc2)CCCN(C(=O)CCc2ccc(C(=O)O)cc2)C1. The number of hydrogen-bond donors (Lipinski definition) is 1. The summed E-state index contributed by atoms with van der Waals surface area (Å²) in [6.45, 7) is 3.82. The number of likely N-dealkylation sites (tertiary alicyclic amines) is 1. The molecular weight excluding hydrogens is 326 g/mol. The molecule has 1 aliphatic rings. The van der Waals surface area contributed by atoms with Crippen molar-refractivity contribution in [2.75, 3.05) is 13.1 Å². The highest BCUT2D eigenvalue weighted by atomic mass is 16.4. The number of aromatic carboxylic acids is 1. The molecule has 0 radical (unpaired) electrons. The second kappa shape index (κ2) is 7.73. The molecule has 1 aliphatic heterocycles. The van der Waals surface area contributed by atoms with E-state index in [1.165, 1.54) is 5.56 Å². The summed E-state index contributed by atoms with van der Waals surface area (Å²) in [6, 6.07) is 17.2. The molecule has 3 rings (SSSR count). The van der Waals surface area contributed by atoms with Crippen molar-refractivity contribution < 1.29 is 14.7 Å². The van der Waals surface area contributed by atoms with Crippen molar-refractivity contribution in [3.63, 3.8) is 0 Å². The first-order valence-electron chi connectivity index (χ1n) is 9.13. The first-order chi connectivity index (χ1) is 12.5. The van der Waals surface area contributed by atoms with Gasteiger partial charge in [-0.3, -0.25) is 4.79 Å². The molecule has 1 unspecified atom stereocenters. The molecule has 1 amide bonds. The van der Waals surface area contributed by atoms with Gasteiger partial charge in [-0.25, -0.2) is 4.79 Å². The van der Waals surface area contributed by atoms with Crippen LogP contribution < -0.4 is 0 Å². The molecule has 0 bridgehead atoms. The van der Waals surface area contributed by atoms with Crippen LogP contribution in [-0.2, 0) is 16.6 Å². The van der Waals surface area contributed by atoms with Gasteiger partial charge in [-0.15, -0.1) is 0 Å². The van der Waals surface area contributed by atoms with Gasteiger partial charge in [0.1, 0.15) is 0 Å². The quantitative estimate of drug-likeness (QED) is 0.889. The topological polar surface area (TPSA) is 57.6 Å². The third kappa shape index (κ3) is 4.13. The number of carbonyl (C=O) groups excluding carboxylic acids is 1. The second-order valence-corrected chi connectivity index (χ2v) is 7.35. The molecule has 26 heavy (non-hydrogen) atoms. The molecule has 1 heterocycles. The molecule has 1 fully saturated rings. The minimum Gasteiger partial charge on any atom is -0.478 e. The minimum atomic E-state index is -0.929. The Labute approximate surface area is 154 Å². The molecule has 0 aliphatic carbocycles. The zero-order valence-electron chi connectivity index (χ0n) is 15.1. The number of carbonyl (C=O) groups is 2. The number of nitrogens with zero attached hydrogens (tertiary/aromatic N) is 1. The third-order valence-electron chi connectivity index (χ3n) is 5.35. The summed E-state index contributed by atoms with van der Waals surface area (Å²) in [7, 11) is 0. The summed E-state index contributed by atoms with van der Waals surface area (Å²) in [5.41, 5.74) is 2.57. The van der Waals surface area contributed by atoms with Gasteiger partial charge in [0.2, 0.25) is 5.91 Å². The highest BCUT2D eigenvalue weighted by Gasteiger charge is 2.34. The van der Waals surface area contributed by atoms with Crippen LogP contribution in [0.3, 0.4) is 0 Å². The fourth-order valence-electron chi connectivity index (χ4n) is 3.75. The van der Waals surface area contributed by atoms with Gasteiger partial charge in [0.15, 0.2) is 0 Å². The lowest BCUT2D eigenvalue weighted by atomic mass is 9.76. The van der Waals surface area contributed by atoms with Crippen LogP contribution in [0.15, 0.2) is 54.6 Å². The van der Waals surface area contributed by atoms with Gasteiger partial charge in [-0.05, 0) is 42.5 Å². The number of piperidine rings is 1. The average molecular weight is 351 g/mol. The lowest BCUT2D eigenvalue weighted by Crippen LogP contribution is -2.47. The number of amides is 1. The molecule has 1 atom stereocenters. The van der Waals surface area contributed by atoms with Crippen molar-refractivity contribution in [3.05, 3.63) is 71.3 Å². The van der Waals surface area contributed by atoms with Gasteiger partial charge in [0.25, 0.3) is 0 Å². The zero-order valence-corrected chi connectivity index (χ0v) is 15.1. The summed E-state index contributed by atoms with van der Waals surface area (Å²) >= 11 is 0. The zero-order chi connectivity index (χ0) is 18.6. The molecule has 4 heteroatoms. The van der Waals surface area contributed by atoms with E-state index in [9.17, 15) is 9.59 Å². The number of benzene rings is 2.